The third-order valence-electron chi connectivity index (χ3n) is 7.20. The number of pyridine rings is 1. The van der Waals surface area contributed by atoms with Gasteiger partial charge in [0.2, 0.25) is 11.8 Å². The highest BCUT2D eigenvalue weighted by Crippen LogP contribution is 2.32. The number of rotatable bonds is 6. The van der Waals surface area contributed by atoms with Crippen molar-refractivity contribution in [3.8, 4) is 0 Å². The lowest BCUT2D eigenvalue weighted by Crippen LogP contribution is -2.50. The Morgan fingerprint density at radius 2 is 1.97 bits per heavy atom. The van der Waals surface area contributed by atoms with Gasteiger partial charge in [0.15, 0.2) is 0 Å². The predicted molar refractivity (Wildman–Crippen MR) is 136 cm³/mol. The molecule has 174 valence electrons. The number of benzene rings is 2. The maximum atomic E-state index is 13.4. The lowest BCUT2D eigenvalue weighted by Gasteiger charge is -2.28. The van der Waals surface area contributed by atoms with Gasteiger partial charge in [-0.2, -0.15) is 0 Å². The number of nitrogens with zero attached hydrogens (tertiary/aromatic N) is 1. The van der Waals surface area contributed by atoms with Gasteiger partial charge < -0.3 is 15.6 Å². The van der Waals surface area contributed by atoms with Gasteiger partial charge in [-0.15, -0.1) is 0 Å². The Morgan fingerprint density at radius 1 is 1.12 bits per heavy atom. The first kappa shape index (κ1) is 22.1. The fourth-order valence-electron chi connectivity index (χ4n) is 5.01. The molecule has 0 saturated heterocycles. The molecule has 5 rings (SSSR count). The van der Waals surface area contributed by atoms with E-state index in [-0.39, 0.29) is 23.7 Å². The summed E-state index contributed by atoms with van der Waals surface area (Å²) in [5.41, 5.74) is 4.31. The lowest BCUT2D eigenvalue weighted by molar-refractivity contribution is -0.130. The van der Waals surface area contributed by atoms with Crippen molar-refractivity contribution in [2.45, 2.75) is 45.6 Å². The van der Waals surface area contributed by atoms with Gasteiger partial charge in [-0.05, 0) is 48.9 Å². The second kappa shape index (κ2) is 9.29. The van der Waals surface area contributed by atoms with Crippen molar-refractivity contribution < 1.29 is 9.59 Å². The van der Waals surface area contributed by atoms with Crippen molar-refractivity contribution >= 4 is 39.2 Å². The van der Waals surface area contributed by atoms with Crippen molar-refractivity contribution in [3.63, 3.8) is 0 Å². The predicted octanol–water partition coefficient (Wildman–Crippen LogP) is 4.99. The van der Waals surface area contributed by atoms with Crippen molar-refractivity contribution in [3.05, 3.63) is 72.2 Å². The van der Waals surface area contributed by atoms with Gasteiger partial charge >= 0.3 is 0 Å². The number of aromatic amines is 1. The molecular formula is C28H30N4O2. The molecule has 0 spiro atoms. The Labute approximate surface area is 199 Å². The fourth-order valence-corrected chi connectivity index (χ4v) is 5.01. The number of aromatic nitrogens is 2. The molecule has 34 heavy (non-hydrogen) atoms. The topological polar surface area (TPSA) is 86.9 Å². The number of nitrogens with one attached hydrogen (secondary N) is 3. The van der Waals surface area contributed by atoms with Crippen molar-refractivity contribution in [1.82, 2.24) is 15.3 Å². The molecule has 0 aliphatic heterocycles. The Bertz CT molecular complexity index is 1350. The van der Waals surface area contributed by atoms with E-state index in [9.17, 15) is 9.59 Å². The van der Waals surface area contributed by atoms with Gasteiger partial charge in [-0.3, -0.25) is 14.6 Å². The molecule has 3 N–H and O–H groups in total. The molecule has 2 aromatic heterocycles. The van der Waals surface area contributed by atoms with Crippen molar-refractivity contribution in [2.24, 2.45) is 11.8 Å². The Hall–Kier alpha value is -3.67. The van der Waals surface area contributed by atoms with E-state index in [0.717, 1.165) is 41.2 Å². The van der Waals surface area contributed by atoms with Crippen molar-refractivity contribution in [1.29, 1.82) is 0 Å². The van der Waals surface area contributed by atoms with Gasteiger partial charge in [0.1, 0.15) is 6.04 Å². The average molecular weight is 455 g/mol. The van der Waals surface area contributed by atoms with Gasteiger partial charge in [0, 0.05) is 51.4 Å². The summed E-state index contributed by atoms with van der Waals surface area (Å²) < 4.78 is 0. The van der Waals surface area contributed by atoms with Crippen LogP contribution >= 0.6 is 0 Å². The highest BCUT2D eigenvalue weighted by atomic mass is 16.2. The van der Waals surface area contributed by atoms with Gasteiger partial charge in [-0.1, -0.05) is 50.6 Å². The molecule has 3 atom stereocenters. The Balaban J connectivity index is 1.34. The molecule has 0 fully saturated rings. The summed E-state index contributed by atoms with van der Waals surface area (Å²) in [5.74, 6) is -0.364. The first-order valence-electron chi connectivity index (χ1n) is 12.1. The summed E-state index contributed by atoms with van der Waals surface area (Å²) in [4.78, 5) is 34.4. The van der Waals surface area contributed by atoms with Gasteiger partial charge in [0.05, 0.1) is 0 Å². The summed E-state index contributed by atoms with van der Waals surface area (Å²) in [6.45, 7) is 4.05. The maximum Gasteiger partial charge on any atom is 0.247 e. The number of fused-ring (bicyclic) bond motifs is 4. The van der Waals surface area contributed by atoms with Crippen LogP contribution in [0.1, 0.15) is 37.9 Å². The van der Waals surface area contributed by atoms with Crippen LogP contribution in [0.25, 0.3) is 21.7 Å². The fraction of sp³-hybridized carbons (Fsp3) is 0.321. The van der Waals surface area contributed by atoms with E-state index in [1.165, 1.54) is 16.6 Å². The van der Waals surface area contributed by atoms with Crippen LogP contribution in [0.3, 0.4) is 0 Å². The molecular weight excluding hydrogens is 424 g/mol. The number of hydrogen-bond acceptors (Lipinski definition) is 3. The van der Waals surface area contributed by atoms with Crippen LogP contribution in [0.5, 0.6) is 0 Å². The third kappa shape index (κ3) is 4.16. The van der Waals surface area contributed by atoms with Gasteiger partial charge in [0.25, 0.3) is 0 Å². The van der Waals surface area contributed by atoms with Crippen LogP contribution in [-0.2, 0) is 22.4 Å². The van der Waals surface area contributed by atoms with E-state index in [2.05, 4.69) is 32.7 Å². The average Bonchev–Trinajstić information content (AvgIpc) is 3.25. The molecule has 0 radical (unpaired) electrons. The van der Waals surface area contributed by atoms with Crippen LogP contribution in [0.4, 0.5) is 5.69 Å². The molecule has 0 saturated carbocycles. The zero-order chi connectivity index (χ0) is 23.7. The van der Waals surface area contributed by atoms with E-state index in [1.54, 1.807) is 12.4 Å². The molecule has 2 amide bonds. The standard InChI is InChI=1S/C28H30N4O2/c1-3-17(2)26(28(34)31-23-10-6-7-19-16-29-14-13-20(19)23)32-27(33)18-11-12-25-22(15-18)21-8-4-5-9-24(21)30-25/h4-10,13-14,16-18,26,30H,3,11-12,15H2,1-2H3,(H,31,34)(H,32,33)/t17?,18?,26-/m0/s1. The number of hydrogen-bond donors (Lipinski definition) is 3. The van der Waals surface area contributed by atoms with E-state index >= 15 is 0 Å². The van der Waals surface area contributed by atoms with Crippen LogP contribution < -0.4 is 10.6 Å². The molecule has 6 heteroatoms. The number of para-hydroxylation sites is 1. The minimum absolute atomic E-state index is 0.00725. The number of carbonyl (C=O) groups is 2. The number of anilines is 1. The lowest BCUT2D eigenvalue weighted by atomic mass is 9.85. The van der Waals surface area contributed by atoms with Crippen LogP contribution in [-0.4, -0.2) is 27.8 Å². The largest absolute Gasteiger partial charge is 0.358 e. The minimum atomic E-state index is -0.598. The zero-order valence-corrected chi connectivity index (χ0v) is 19.6. The SMILES string of the molecule is CCC(C)[C@H](NC(=O)C1CCc2[nH]c3ccccc3c2C1)C(=O)Nc1cccc2cnccc12. The maximum absolute atomic E-state index is 13.4. The Kier molecular flexibility index (Phi) is 6.05. The van der Waals surface area contributed by atoms with Crippen molar-refractivity contribution in [2.75, 3.05) is 5.32 Å². The number of H-pyrrole nitrogens is 1. The number of aryl methyl sites for hydroxylation is 1. The molecule has 1 aliphatic rings. The summed E-state index contributed by atoms with van der Waals surface area (Å²) >= 11 is 0. The van der Waals surface area contributed by atoms with Gasteiger partial charge in [-0.25, -0.2) is 0 Å². The third-order valence-corrected chi connectivity index (χ3v) is 7.20. The first-order chi connectivity index (χ1) is 16.5. The molecule has 2 aromatic carbocycles. The van der Waals surface area contributed by atoms with E-state index in [0.29, 0.717) is 6.42 Å². The number of carbonyl (C=O) groups excluding carboxylic acids is 2. The second-order valence-electron chi connectivity index (χ2n) is 9.33. The van der Waals surface area contributed by atoms with E-state index in [4.69, 9.17) is 0 Å². The van der Waals surface area contributed by atoms with Crippen LogP contribution in [0.2, 0.25) is 0 Å². The summed E-state index contributed by atoms with van der Waals surface area (Å²) in [6, 6.07) is 15.3. The highest BCUT2D eigenvalue weighted by molar-refractivity contribution is 6.04. The molecule has 0 bridgehead atoms. The summed E-state index contributed by atoms with van der Waals surface area (Å²) in [5, 5.41) is 9.24. The quantitative estimate of drug-likeness (QED) is 0.384. The zero-order valence-electron chi connectivity index (χ0n) is 19.6. The van der Waals surface area contributed by atoms with Crippen LogP contribution in [0, 0.1) is 11.8 Å². The number of amides is 2. The second-order valence-corrected chi connectivity index (χ2v) is 9.33. The monoisotopic (exact) mass is 454 g/mol. The molecule has 4 aromatic rings. The molecule has 2 heterocycles. The molecule has 2 unspecified atom stereocenters. The summed E-state index contributed by atoms with van der Waals surface area (Å²) in [6.07, 6.45) is 6.59. The van der Waals surface area contributed by atoms with E-state index < -0.39 is 6.04 Å². The highest BCUT2D eigenvalue weighted by Gasteiger charge is 2.32. The summed E-state index contributed by atoms with van der Waals surface area (Å²) in [7, 11) is 0. The van der Waals surface area contributed by atoms with E-state index in [1.807, 2.05) is 50.2 Å². The molecule has 1 aliphatic carbocycles. The first-order valence-corrected chi connectivity index (χ1v) is 12.1. The smallest absolute Gasteiger partial charge is 0.247 e. The normalized spacial score (nSPS) is 17.2. The minimum Gasteiger partial charge on any atom is -0.358 e. The molecule has 6 nitrogen and oxygen atoms in total. The Morgan fingerprint density at radius 3 is 2.82 bits per heavy atom. The van der Waals surface area contributed by atoms with Crippen LogP contribution in [0.15, 0.2) is 60.9 Å².